The second-order valence-corrected chi connectivity index (χ2v) is 10.2. The van der Waals surface area contributed by atoms with Crippen LogP contribution in [0.2, 0.25) is 0 Å². The van der Waals surface area contributed by atoms with Crippen LogP contribution in [0.3, 0.4) is 0 Å². The highest BCUT2D eigenvalue weighted by molar-refractivity contribution is 7.99. The zero-order valence-corrected chi connectivity index (χ0v) is 20.6. The highest BCUT2D eigenvalue weighted by Gasteiger charge is 2.28. The molecule has 0 N–H and O–H groups in total. The van der Waals surface area contributed by atoms with Gasteiger partial charge in [-0.05, 0) is 62.1 Å². The van der Waals surface area contributed by atoms with Gasteiger partial charge in [0.25, 0.3) is 0 Å². The van der Waals surface area contributed by atoms with E-state index in [0.717, 1.165) is 56.4 Å². The van der Waals surface area contributed by atoms with E-state index in [1.54, 1.807) is 12.1 Å². The maximum Gasteiger partial charge on any atom is 0.237 e. The number of para-hydroxylation sites is 1. The zero-order chi connectivity index (χ0) is 24.0. The molecule has 2 aromatic carbocycles. The zero-order valence-electron chi connectivity index (χ0n) is 19.8. The Morgan fingerprint density at radius 1 is 1.00 bits per heavy atom. The third kappa shape index (κ3) is 5.76. The summed E-state index contributed by atoms with van der Waals surface area (Å²) in [6.45, 7) is 1.37. The SMILES string of the molecule is O=C(CSc1nnc(-c2ccc(F)cc2)n1C[C@@H]1CCCO1)N(c1ccccc1)C1CCCCC1. The molecule has 2 heterocycles. The molecule has 3 aromatic rings. The fourth-order valence-electron chi connectivity index (χ4n) is 5.05. The van der Waals surface area contributed by atoms with Gasteiger partial charge in [-0.15, -0.1) is 10.2 Å². The number of halogens is 1. The molecule has 8 heteroatoms. The lowest BCUT2D eigenvalue weighted by Crippen LogP contribution is -2.42. The molecule has 1 aliphatic carbocycles. The molecule has 2 fully saturated rings. The molecule has 1 saturated heterocycles. The van der Waals surface area contributed by atoms with Crippen LogP contribution in [-0.4, -0.2) is 45.2 Å². The summed E-state index contributed by atoms with van der Waals surface area (Å²) in [6, 6.07) is 16.5. The topological polar surface area (TPSA) is 60.3 Å². The van der Waals surface area contributed by atoms with Crippen LogP contribution in [0.4, 0.5) is 10.1 Å². The molecule has 5 rings (SSSR count). The number of hydrogen-bond acceptors (Lipinski definition) is 5. The Hall–Kier alpha value is -2.71. The van der Waals surface area contributed by atoms with Gasteiger partial charge in [-0.3, -0.25) is 9.36 Å². The Labute approximate surface area is 209 Å². The monoisotopic (exact) mass is 494 g/mol. The summed E-state index contributed by atoms with van der Waals surface area (Å²) in [7, 11) is 0. The summed E-state index contributed by atoms with van der Waals surface area (Å²) >= 11 is 1.41. The lowest BCUT2D eigenvalue weighted by molar-refractivity contribution is -0.116. The molecule has 6 nitrogen and oxygen atoms in total. The van der Waals surface area contributed by atoms with Crippen molar-refractivity contribution in [3.05, 3.63) is 60.4 Å². The Bertz CT molecular complexity index is 1110. The number of thioether (sulfide) groups is 1. The Morgan fingerprint density at radius 2 is 1.77 bits per heavy atom. The quantitative estimate of drug-likeness (QED) is 0.375. The minimum atomic E-state index is -0.289. The number of carbonyl (C=O) groups excluding carboxylic acids is 1. The summed E-state index contributed by atoms with van der Waals surface area (Å²) in [4.78, 5) is 15.6. The van der Waals surface area contributed by atoms with Crippen molar-refractivity contribution in [2.24, 2.45) is 0 Å². The number of ether oxygens (including phenoxy) is 1. The third-order valence-corrected chi connectivity index (χ3v) is 7.75. The molecule has 0 unspecified atom stereocenters. The fourth-order valence-corrected chi connectivity index (χ4v) is 5.85. The minimum absolute atomic E-state index is 0.0862. The van der Waals surface area contributed by atoms with Crippen molar-refractivity contribution in [2.75, 3.05) is 17.3 Å². The first-order valence-electron chi connectivity index (χ1n) is 12.5. The largest absolute Gasteiger partial charge is 0.376 e. The van der Waals surface area contributed by atoms with E-state index in [9.17, 15) is 9.18 Å². The van der Waals surface area contributed by atoms with E-state index in [1.807, 2.05) is 39.8 Å². The van der Waals surface area contributed by atoms with Crippen LogP contribution in [0.5, 0.6) is 0 Å². The van der Waals surface area contributed by atoms with Crippen LogP contribution >= 0.6 is 11.8 Å². The summed E-state index contributed by atoms with van der Waals surface area (Å²) in [5.74, 6) is 0.743. The lowest BCUT2D eigenvalue weighted by atomic mass is 9.93. The molecule has 1 amide bonds. The minimum Gasteiger partial charge on any atom is -0.376 e. The summed E-state index contributed by atoms with van der Waals surface area (Å²) in [6.07, 6.45) is 7.73. The maximum absolute atomic E-state index is 13.6. The van der Waals surface area contributed by atoms with Crippen molar-refractivity contribution in [3.8, 4) is 11.4 Å². The molecule has 35 heavy (non-hydrogen) atoms. The number of nitrogens with zero attached hydrogens (tertiary/aromatic N) is 4. The molecular weight excluding hydrogens is 463 g/mol. The van der Waals surface area contributed by atoms with Crippen LogP contribution in [0, 0.1) is 5.82 Å². The normalized spacial score (nSPS) is 18.6. The van der Waals surface area contributed by atoms with Crippen molar-refractivity contribution in [1.82, 2.24) is 14.8 Å². The van der Waals surface area contributed by atoms with E-state index < -0.39 is 0 Å². The first-order chi connectivity index (χ1) is 17.2. The Balaban J connectivity index is 1.37. The molecule has 184 valence electrons. The van der Waals surface area contributed by atoms with E-state index in [4.69, 9.17) is 4.74 Å². The second kappa shape index (κ2) is 11.4. The number of hydrogen-bond donors (Lipinski definition) is 0. The first-order valence-corrected chi connectivity index (χ1v) is 13.5. The van der Waals surface area contributed by atoms with Gasteiger partial charge in [0.2, 0.25) is 5.91 Å². The third-order valence-electron chi connectivity index (χ3n) is 6.80. The Morgan fingerprint density at radius 3 is 2.49 bits per heavy atom. The predicted molar refractivity (Wildman–Crippen MR) is 136 cm³/mol. The van der Waals surface area contributed by atoms with Crippen LogP contribution < -0.4 is 4.90 Å². The van der Waals surface area contributed by atoms with Crippen LogP contribution in [-0.2, 0) is 16.1 Å². The van der Waals surface area contributed by atoms with Crippen molar-refractivity contribution in [2.45, 2.75) is 68.8 Å². The standard InChI is InChI=1S/C27H31FN4O2S/c28-21-15-13-20(14-16-21)26-29-30-27(31(26)18-24-12-7-17-34-24)35-19-25(33)32(22-8-3-1-4-9-22)23-10-5-2-6-11-23/h1,3-4,8-9,13-16,23-24H,2,5-7,10-12,17-19H2/t24-/m0/s1. The average Bonchev–Trinajstić information content (AvgIpc) is 3.55. The van der Waals surface area contributed by atoms with E-state index in [2.05, 4.69) is 10.2 Å². The molecule has 1 atom stereocenters. The molecule has 0 bridgehead atoms. The van der Waals surface area contributed by atoms with E-state index in [0.29, 0.717) is 17.5 Å². The lowest BCUT2D eigenvalue weighted by Gasteiger charge is -2.34. The van der Waals surface area contributed by atoms with Gasteiger partial charge in [0.15, 0.2) is 11.0 Å². The molecule has 0 radical (unpaired) electrons. The Kier molecular flexibility index (Phi) is 7.79. The number of benzene rings is 2. The van der Waals surface area contributed by atoms with Crippen LogP contribution in [0.15, 0.2) is 59.8 Å². The molecular formula is C27H31FN4O2S. The number of anilines is 1. The van der Waals surface area contributed by atoms with Crippen molar-refractivity contribution < 1.29 is 13.9 Å². The number of carbonyl (C=O) groups is 1. The van der Waals surface area contributed by atoms with Gasteiger partial charge < -0.3 is 9.64 Å². The van der Waals surface area contributed by atoms with E-state index in [-0.39, 0.29) is 29.6 Å². The maximum atomic E-state index is 13.6. The molecule has 1 saturated carbocycles. The van der Waals surface area contributed by atoms with Gasteiger partial charge in [-0.1, -0.05) is 49.2 Å². The number of rotatable bonds is 8. The smallest absolute Gasteiger partial charge is 0.237 e. The first kappa shape index (κ1) is 24.0. The van der Waals surface area contributed by atoms with Gasteiger partial charge in [0.05, 0.1) is 18.4 Å². The molecule has 1 aliphatic heterocycles. The highest BCUT2D eigenvalue weighted by atomic mass is 32.2. The summed E-state index contributed by atoms with van der Waals surface area (Å²) < 4.78 is 21.4. The van der Waals surface area contributed by atoms with Gasteiger partial charge >= 0.3 is 0 Å². The highest BCUT2D eigenvalue weighted by Crippen LogP contribution is 2.30. The molecule has 2 aliphatic rings. The number of aromatic nitrogens is 3. The van der Waals surface area contributed by atoms with Gasteiger partial charge in [0.1, 0.15) is 5.82 Å². The van der Waals surface area contributed by atoms with Gasteiger partial charge in [-0.2, -0.15) is 0 Å². The van der Waals surface area contributed by atoms with E-state index in [1.165, 1.54) is 30.3 Å². The summed E-state index contributed by atoms with van der Waals surface area (Å²) in [5.41, 5.74) is 1.75. The second-order valence-electron chi connectivity index (χ2n) is 9.24. The molecule has 1 aromatic heterocycles. The van der Waals surface area contributed by atoms with Gasteiger partial charge in [0, 0.05) is 23.9 Å². The van der Waals surface area contributed by atoms with Crippen molar-refractivity contribution in [3.63, 3.8) is 0 Å². The van der Waals surface area contributed by atoms with Crippen LogP contribution in [0.1, 0.15) is 44.9 Å². The summed E-state index contributed by atoms with van der Waals surface area (Å²) in [5, 5.41) is 9.53. The predicted octanol–water partition coefficient (Wildman–Crippen LogP) is 5.72. The molecule has 0 spiro atoms. The van der Waals surface area contributed by atoms with Crippen molar-refractivity contribution in [1.29, 1.82) is 0 Å². The average molecular weight is 495 g/mol. The van der Waals surface area contributed by atoms with Crippen LogP contribution in [0.25, 0.3) is 11.4 Å². The van der Waals surface area contributed by atoms with E-state index >= 15 is 0 Å². The van der Waals surface area contributed by atoms with Crippen molar-refractivity contribution >= 4 is 23.4 Å². The van der Waals surface area contributed by atoms with Gasteiger partial charge in [-0.25, -0.2) is 4.39 Å². The fraction of sp³-hybridized carbons (Fsp3) is 0.444. The number of amides is 1.